The average Bonchev–Trinajstić information content (AvgIpc) is 2.96. The Morgan fingerprint density at radius 3 is 2.83 bits per heavy atom. The van der Waals surface area contributed by atoms with E-state index in [1.54, 1.807) is 19.0 Å². The Labute approximate surface area is 143 Å². The Hall–Kier alpha value is -2.12. The zero-order valence-electron chi connectivity index (χ0n) is 15.3. The number of carbonyl (C=O) groups is 1. The highest BCUT2D eigenvalue weighted by Crippen LogP contribution is 2.16. The van der Waals surface area contributed by atoms with E-state index in [4.69, 9.17) is 0 Å². The monoisotopic (exact) mass is 335 g/mol. The smallest absolute Gasteiger partial charge is 0.243 e. The van der Waals surface area contributed by atoms with Gasteiger partial charge in [0.1, 0.15) is 12.4 Å². The van der Waals surface area contributed by atoms with Gasteiger partial charge in [-0.25, -0.2) is 14.7 Å². The maximum absolute atomic E-state index is 11.7. The largest absolute Gasteiger partial charge is 0.357 e. The van der Waals surface area contributed by atoms with Crippen LogP contribution in [-0.4, -0.2) is 64.8 Å². The van der Waals surface area contributed by atoms with Gasteiger partial charge in [0.05, 0.1) is 6.54 Å². The number of nitrogens with zero attached hydrogens (tertiary/aromatic N) is 5. The lowest BCUT2D eigenvalue weighted by Crippen LogP contribution is -2.47. The first-order valence-electron chi connectivity index (χ1n) is 8.59. The predicted octanol–water partition coefficient (Wildman–Crippen LogP) is 0.360. The fourth-order valence-electron chi connectivity index (χ4n) is 2.49. The molecule has 1 atom stereocenters. The Bertz CT molecular complexity index is 591. The number of likely N-dealkylation sites (N-methyl/N-ethyl adjacent to an activating group) is 1. The summed E-state index contributed by atoms with van der Waals surface area (Å²) in [5.74, 6) is 2.95. The highest BCUT2D eigenvalue weighted by molar-refractivity contribution is 5.84. The van der Waals surface area contributed by atoms with Crippen molar-refractivity contribution in [3.8, 4) is 0 Å². The average molecular weight is 335 g/mol. The SMILES string of the molecule is CCNC(=NCC(=O)N(C)C)NC1CCc2nc(C(C)C)nn2C1. The molecule has 2 rings (SSSR count). The van der Waals surface area contributed by atoms with Crippen LogP contribution in [0.3, 0.4) is 0 Å². The molecule has 0 fully saturated rings. The third kappa shape index (κ3) is 4.69. The molecule has 1 unspecified atom stereocenters. The predicted molar refractivity (Wildman–Crippen MR) is 94.0 cm³/mol. The van der Waals surface area contributed by atoms with Crippen LogP contribution in [0.5, 0.6) is 0 Å². The zero-order valence-corrected chi connectivity index (χ0v) is 15.3. The number of aliphatic imine (C=N–C) groups is 1. The van der Waals surface area contributed by atoms with Crippen LogP contribution in [0, 0.1) is 0 Å². The van der Waals surface area contributed by atoms with Gasteiger partial charge < -0.3 is 15.5 Å². The lowest BCUT2D eigenvalue weighted by atomic mass is 10.1. The number of amides is 1. The van der Waals surface area contributed by atoms with Crippen molar-refractivity contribution >= 4 is 11.9 Å². The highest BCUT2D eigenvalue weighted by Gasteiger charge is 2.23. The van der Waals surface area contributed by atoms with Crippen molar-refractivity contribution in [1.29, 1.82) is 0 Å². The van der Waals surface area contributed by atoms with E-state index in [1.165, 1.54) is 0 Å². The number of hydrogen-bond donors (Lipinski definition) is 2. The second-order valence-corrected chi connectivity index (χ2v) is 6.59. The summed E-state index contributed by atoms with van der Waals surface area (Å²) in [6.45, 7) is 7.88. The van der Waals surface area contributed by atoms with Gasteiger partial charge in [-0.05, 0) is 13.3 Å². The van der Waals surface area contributed by atoms with E-state index in [2.05, 4.69) is 39.6 Å². The molecule has 1 aromatic rings. The molecule has 0 radical (unpaired) electrons. The number of fused-ring (bicyclic) bond motifs is 1. The van der Waals surface area contributed by atoms with E-state index in [1.807, 2.05) is 11.6 Å². The van der Waals surface area contributed by atoms with Crippen LogP contribution in [0.25, 0.3) is 0 Å². The van der Waals surface area contributed by atoms with Crippen molar-refractivity contribution in [3.63, 3.8) is 0 Å². The molecule has 0 spiro atoms. The van der Waals surface area contributed by atoms with Gasteiger partial charge >= 0.3 is 0 Å². The summed E-state index contributed by atoms with van der Waals surface area (Å²) in [7, 11) is 3.47. The second kappa shape index (κ2) is 8.12. The molecule has 1 aliphatic rings. The minimum Gasteiger partial charge on any atom is -0.357 e. The van der Waals surface area contributed by atoms with Crippen LogP contribution in [0.15, 0.2) is 4.99 Å². The normalized spacial score (nSPS) is 17.6. The number of aromatic nitrogens is 3. The third-order valence-corrected chi connectivity index (χ3v) is 3.95. The number of guanidine groups is 1. The number of carbonyl (C=O) groups excluding carboxylic acids is 1. The molecule has 8 nitrogen and oxygen atoms in total. The van der Waals surface area contributed by atoms with Crippen molar-refractivity contribution in [2.24, 2.45) is 4.99 Å². The number of rotatable bonds is 5. The topological polar surface area (TPSA) is 87.4 Å². The molecule has 8 heteroatoms. The van der Waals surface area contributed by atoms with Crippen molar-refractivity contribution in [3.05, 3.63) is 11.6 Å². The fourth-order valence-corrected chi connectivity index (χ4v) is 2.49. The molecule has 134 valence electrons. The molecule has 2 heterocycles. The van der Waals surface area contributed by atoms with Crippen LogP contribution >= 0.6 is 0 Å². The zero-order chi connectivity index (χ0) is 17.7. The van der Waals surface area contributed by atoms with Crippen molar-refractivity contribution in [2.45, 2.75) is 52.1 Å². The lowest BCUT2D eigenvalue weighted by molar-refractivity contribution is -0.127. The van der Waals surface area contributed by atoms with E-state index in [9.17, 15) is 4.79 Å². The molecular formula is C16H29N7O. The summed E-state index contributed by atoms with van der Waals surface area (Å²) in [5, 5.41) is 11.2. The van der Waals surface area contributed by atoms with E-state index < -0.39 is 0 Å². The van der Waals surface area contributed by atoms with Gasteiger partial charge in [-0.2, -0.15) is 5.10 Å². The minimum atomic E-state index is -0.0176. The van der Waals surface area contributed by atoms with Gasteiger partial charge in [-0.15, -0.1) is 0 Å². The Morgan fingerprint density at radius 2 is 2.21 bits per heavy atom. The van der Waals surface area contributed by atoms with Crippen molar-refractivity contribution < 1.29 is 4.79 Å². The first-order chi connectivity index (χ1) is 11.4. The number of nitrogens with one attached hydrogen (secondary N) is 2. The Kier molecular flexibility index (Phi) is 6.16. The number of hydrogen-bond acceptors (Lipinski definition) is 4. The molecule has 24 heavy (non-hydrogen) atoms. The molecule has 2 N–H and O–H groups in total. The van der Waals surface area contributed by atoms with Gasteiger partial charge in [0.15, 0.2) is 11.8 Å². The molecule has 0 bridgehead atoms. The highest BCUT2D eigenvalue weighted by atomic mass is 16.2. The first-order valence-corrected chi connectivity index (χ1v) is 8.59. The van der Waals surface area contributed by atoms with E-state index >= 15 is 0 Å². The summed E-state index contributed by atoms with van der Waals surface area (Å²) in [6, 6.07) is 0.228. The molecule has 0 aromatic carbocycles. The molecule has 0 saturated heterocycles. The van der Waals surface area contributed by atoms with Crippen molar-refractivity contribution in [1.82, 2.24) is 30.3 Å². The fraction of sp³-hybridized carbons (Fsp3) is 0.750. The van der Waals surface area contributed by atoms with E-state index in [0.717, 1.165) is 37.6 Å². The molecule has 0 aliphatic carbocycles. The van der Waals surface area contributed by atoms with Crippen LogP contribution in [0.2, 0.25) is 0 Å². The summed E-state index contributed by atoms with van der Waals surface area (Å²) in [6.07, 6.45) is 1.87. The van der Waals surface area contributed by atoms with Gasteiger partial charge in [0.25, 0.3) is 0 Å². The third-order valence-electron chi connectivity index (χ3n) is 3.95. The second-order valence-electron chi connectivity index (χ2n) is 6.59. The molecule has 0 saturated carbocycles. The summed E-state index contributed by atoms with van der Waals surface area (Å²) < 4.78 is 1.99. The van der Waals surface area contributed by atoms with Gasteiger partial charge in [-0.1, -0.05) is 13.8 Å². The van der Waals surface area contributed by atoms with Crippen LogP contribution in [0.1, 0.15) is 44.8 Å². The van der Waals surface area contributed by atoms with Crippen LogP contribution in [0.4, 0.5) is 0 Å². The molecular weight excluding hydrogens is 306 g/mol. The van der Waals surface area contributed by atoms with Crippen LogP contribution < -0.4 is 10.6 Å². The number of aryl methyl sites for hydroxylation is 1. The van der Waals surface area contributed by atoms with Gasteiger partial charge in [0.2, 0.25) is 5.91 Å². The quantitative estimate of drug-likeness (QED) is 0.599. The van der Waals surface area contributed by atoms with Crippen LogP contribution in [-0.2, 0) is 17.8 Å². The maximum Gasteiger partial charge on any atom is 0.243 e. The summed E-state index contributed by atoms with van der Waals surface area (Å²) in [5.41, 5.74) is 0. The van der Waals surface area contributed by atoms with E-state index in [-0.39, 0.29) is 18.5 Å². The lowest BCUT2D eigenvalue weighted by Gasteiger charge is -2.25. The molecule has 1 aromatic heterocycles. The standard InChI is InChI=1S/C16H29N7O/c1-6-17-16(18-9-14(24)22(4)5)19-12-7-8-13-20-15(11(2)3)21-23(13)10-12/h11-12H,6-10H2,1-5H3,(H2,17,18,19). The summed E-state index contributed by atoms with van der Waals surface area (Å²) in [4.78, 5) is 22.2. The Balaban J connectivity index is 1.99. The minimum absolute atomic E-state index is 0.0176. The maximum atomic E-state index is 11.7. The van der Waals surface area contributed by atoms with E-state index in [0.29, 0.717) is 11.9 Å². The van der Waals surface area contributed by atoms with Gasteiger partial charge in [0, 0.05) is 39.0 Å². The first kappa shape index (κ1) is 18.2. The molecule has 1 aliphatic heterocycles. The molecule has 1 amide bonds. The van der Waals surface area contributed by atoms with Crippen molar-refractivity contribution in [2.75, 3.05) is 27.2 Å². The summed E-state index contributed by atoms with van der Waals surface area (Å²) >= 11 is 0. The van der Waals surface area contributed by atoms with Gasteiger partial charge in [-0.3, -0.25) is 4.79 Å². The Morgan fingerprint density at radius 1 is 1.46 bits per heavy atom.